The molecule has 1 unspecified atom stereocenters. The van der Waals surface area contributed by atoms with E-state index in [-0.39, 0.29) is 12.0 Å². The van der Waals surface area contributed by atoms with Gasteiger partial charge in [-0.25, -0.2) is 0 Å². The highest BCUT2D eigenvalue weighted by atomic mass is 32.2. The highest BCUT2D eigenvalue weighted by Gasteiger charge is 2.21. The summed E-state index contributed by atoms with van der Waals surface area (Å²) in [4.78, 5) is 12.5. The third kappa shape index (κ3) is 6.60. The number of rotatable bonds is 9. The minimum atomic E-state index is -0.274. The van der Waals surface area contributed by atoms with Gasteiger partial charge in [0.25, 0.3) is 0 Å². The summed E-state index contributed by atoms with van der Waals surface area (Å²) in [7, 11) is 0. The molecule has 0 aliphatic heterocycles. The van der Waals surface area contributed by atoms with Gasteiger partial charge in [0, 0.05) is 12.6 Å². The molecule has 1 atom stereocenters. The number of aryl methyl sites for hydroxylation is 2. The summed E-state index contributed by atoms with van der Waals surface area (Å²) in [5.74, 6) is 1.93. The van der Waals surface area contributed by atoms with Crippen molar-refractivity contribution in [3.8, 4) is 5.75 Å². The molecule has 1 amide bonds. The molecule has 1 aromatic heterocycles. The lowest BCUT2D eigenvalue weighted by molar-refractivity contribution is -0.119. The number of nitrogens with zero attached hydrogens (tertiary/aromatic N) is 3. The van der Waals surface area contributed by atoms with E-state index < -0.39 is 0 Å². The fraction of sp³-hybridized carbons (Fsp3) is 0.542. The van der Waals surface area contributed by atoms with E-state index in [1.54, 1.807) is 0 Å². The maximum absolute atomic E-state index is 12.5. The first-order chi connectivity index (χ1) is 15.0. The smallest absolute Gasteiger partial charge is 0.230 e. The Morgan fingerprint density at radius 2 is 2.00 bits per heavy atom. The molecule has 0 saturated heterocycles. The minimum absolute atomic E-state index is 0.0611. The molecule has 1 aromatic carbocycles. The molecule has 7 heteroatoms. The molecule has 1 N–H and O–H groups in total. The Kier molecular flexibility index (Phi) is 8.58. The largest absolute Gasteiger partial charge is 0.483 e. The van der Waals surface area contributed by atoms with Crippen LogP contribution < -0.4 is 10.1 Å². The van der Waals surface area contributed by atoms with Crippen LogP contribution in [0.5, 0.6) is 5.75 Å². The molecule has 1 aliphatic carbocycles. The van der Waals surface area contributed by atoms with Gasteiger partial charge < -0.3 is 10.1 Å². The topological polar surface area (TPSA) is 69.0 Å². The second-order valence-electron chi connectivity index (χ2n) is 8.29. The average molecular weight is 443 g/mol. The second kappa shape index (κ2) is 11.4. The van der Waals surface area contributed by atoms with Crippen molar-refractivity contribution < 1.29 is 9.53 Å². The van der Waals surface area contributed by atoms with Crippen LogP contribution in [0.15, 0.2) is 36.0 Å². The van der Waals surface area contributed by atoms with E-state index in [1.165, 1.54) is 48.6 Å². The first-order valence-electron chi connectivity index (χ1n) is 11.2. The summed E-state index contributed by atoms with van der Waals surface area (Å²) in [6, 6.07) is 6.37. The van der Waals surface area contributed by atoms with Crippen molar-refractivity contribution in [2.45, 2.75) is 83.1 Å². The Balaban J connectivity index is 1.62. The van der Waals surface area contributed by atoms with Crippen LogP contribution in [0.25, 0.3) is 0 Å². The highest BCUT2D eigenvalue weighted by molar-refractivity contribution is 7.99. The van der Waals surface area contributed by atoms with Gasteiger partial charge in [-0.15, -0.1) is 16.8 Å². The van der Waals surface area contributed by atoms with Crippen LogP contribution in [0.3, 0.4) is 0 Å². The first-order valence-corrected chi connectivity index (χ1v) is 12.2. The van der Waals surface area contributed by atoms with Crippen LogP contribution in [0.1, 0.15) is 68.5 Å². The standard InChI is InChI=1S/C24H34N4O2S/c1-5-14-28-23(19(4)30-21-13-12-17(2)18(3)15-21)26-27-24(28)31-16-22(29)25-20-10-8-6-7-9-11-20/h5,12-13,15,19-20H,1,6-11,14,16H2,2-4H3,(H,25,29). The molecular formula is C24H34N4O2S. The normalized spacial score (nSPS) is 15.8. The molecule has 1 fully saturated rings. The van der Waals surface area contributed by atoms with E-state index in [9.17, 15) is 4.79 Å². The molecule has 31 heavy (non-hydrogen) atoms. The Bertz CT molecular complexity index is 888. The van der Waals surface area contributed by atoms with Crippen LogP contribution in [0.4, 0.5) is 0 Å². The van der Waals surface area contributed by atoms with Crippen molar-refractivity contribution in [3.63, 3.8) is 0 Å². The summed E-state index contributed by atoms with van der Waals surface area (Å²) in [6.07, 6.45) is 8.66. The molecule has 168 valence electrons. The Morgan fingerprint density at radius 1 is 1.26 bits per heavy atom. The van der Waals surface area contributed by atoms with Gasteiger partial charge in [-0.2, -0.15) is 0 Å². The van der Waals surface area contributed by atoms with E-state index >= 15 is 0 Å². The van der Waals surface area contributed by atoms with Crippen LogP contribution in [0, 0.1) is 13.8 Å². The third-order valence-corrected chi connectivity index (χ3v) is 6.73. The highest BCUT2D eigenvalue weighted by Crippen LogP contribution is 2.26. The quantitative estimate of drug-likeness (QED) is 0.330. The van der Waals surface area contributed by atoms with Crippen molar-refractivity contribution in [1.29, 1.82) is 0 Å². The summed E-state index contributed by atoms with van der Waals surface area (Å²) in [5, 5.41) is 12.6. The maximum atomic E-state index is 12.5. The number of allylic oxidation sites excluding steroid dienone is 1. The molecule has 0 radical (unpaired) electrons. The lowest BCUT2D eigenvalue weighted by Crippen LogP contribution is -2.35. The molecule has 3 rings (SSSR count). The van der Waals surface area contributed by atoms with Gasteiger partial charge in [-0.1, -0.05) is 49.6 Å². The predicted molar refractivity (Wildman–Crippen MR) is 126 cm³/mol. The van der Waals surface area contributed by atoms with Crippen molar-refractivity contribution in [2.24, 2.45) is 0 Å². The van der Waals surface area contributed by atoms with E-state index in [0.29, 0.717) is 23.5 Å². The lowest BCUT2D eigenvalue weighted by Gasteiger charge is -2.17. The average Bonchev–Trinajstić information content (AvgIpc) is 2.96. The summed E-state index contributed by atoms with van der Waals surface area (Å²) in [6.45, 7) is 10.5. The molecular weight excluding hydrogens is 408 g/mol. The van der Waals surface area contributed by atoms with Crippen LogP contribution in [0.2, 0.25) is 0 Å². The minimum Gasteiger partial charge on any atom is -0.483 e. The van der Waals surface area contributed by atoms with Crippen LogP contribution in [-0.2, 0) is 11.3 Å². The van der Waals surface area contributed by atoms with Crippen molar-refractivity contribution in [2.75, 3.05) is 5.75 Å². The van der Waals surface area contributed by atoms with Gasteiger partial charge in [0.2, 0.25) is 5.91 Å². The number of nitrogens with one attached hydrogen (secondary N) is 1. The van der Waals surface area contributed by atoms with Crippen molar-refractivity contribution in [3.05, 3.63) is 47.8 Å². The number of hydrogen-bond acceptors (Lipinski definition) is 5. The van der Waals surface area contributed by atoms with E-state index in [0.717, 1.165) is 24.4 Å². The second-order valence-corrected chi connectivity index (χ2v) is 9.23. The van der Waals surface area contributed by atoms with E-state index in [4.69, 9.17) is 4.74 Å². The Labute approximate surface area is 189 Å². The molecule has 0 spiro atoms. The Hall–Kier alpha value is -2.28. The molecule has 1 heterocycles. The van der Waals surface area contributed by atoms with Gasteiger partial charge >= 0.3 is 0 Å². The monoisotopic (exact) mass is 442 g/mol. The van der Waals surface area contributed by atoms with Crippen molar-refractivity contribution in [1.82, 2.24) is 20.1 Å². The van der Waals surface area contributed by atoms with E-state index in [2.05, 4.69) is 42.0 Å². The number of carbonyl (C=O) groups is 1. The number of thioether (sulfide) groups is 1. The Morgan fingerprint density at radius 3 is 2.68 bits per heavy atom. The molecule has 1 aliphatic rings. The number of amides is 1. The number of aromatic nitrogens is 3. The predicted octanol–water partition coefficient (Wildman–Crippen LogP) is 5.15. The molecule has 2 aromatic rings. The summed E-state index contributed by atoms with van der Waals surface area (Å²) >= 11 is 1.41. The number of hydrogen-bond donors (Lipinski definition) is 1. The zero-order chi connectivity index (χ0) is 22.2. The summed E-state index contributed by atoms with van der Waals surface area (Å²) in [5.41, 5.74) is 2.42. The third-order valence-electron chi connectivity index (χ3n) is 5.76. The molecule has 0 bridgehead atoms. The molecule has 6 nitrogen and oxygen atoms in total. The number of benzene rings is 1. The summed E-state index contributed by atoms with van der Waals surface area (Å²) < 4.78 is 8.10. The zero-order valence-electron chi connectivity index (χ0n) is 18.9. The lowest BCUT2D eigenvalue weighted by atomic mass is 10.1. The van der Waals surface area contributed by atoms with Gasteiger partial charge in [0.1, 0.15) is 5.75 Å². The SMILES string of the molecule is C=CCn1c(SCC(=O)NC2CCCCCC2)nnc1C(C)Oc1ccc(C)c(C)c1. The number of ether oxygens (including phenoxy) is 1. The van der Waals surface area contributed by atoms with Gasteiger partial charge in [-0.3, -0.25) is 9.36 Å². The molecule has 1 saturated carbocycles. The van der Waals surface area contributed by atoms with Gasteiger partial charge in [-0.05, 0) is 56.9 Å². The zero-order valence-corrected chi connectivity index (χ0v) is 19.7. The van der Waals surface area contributed by atoms with Gasteiger partial charge in [0.05, 0.1) is 5.75 Å². The fourth-order valence-electron chi connectivity index (χ4n) is 3.88. The fourth-order valence-corrected chi connectivity index (χ4v) is 4.64. The van der Waals surface area contributed by atoms with Crippen molar-refractivity contribution >= 4 is 17.7 Å². The maximum Gasteiger partial charge on any atom is 0.230 e. The number of carbonyl (C=O) groups excluding carboxylic acids is 1. The van der Waals surface area contributed by atoms with Gasteiger partial charge in [0.15, 0.2) is 17.1 Å². The van der Waals surface area contributed by atoms with Crippen LogP contribution >= 0.6 is 11.8 Å². The van der Waals surface area contributed by atoms with E-state index in [1.807, 2.05) is 29.7 Å². The first kappa shape index (κ1) is 23.4. The van der Waals surface area contributed by atoms with Crippen LogP contribution in [-0.4, -0.2) is 32.5 Å².